The summed E-state index contributed by atoms with van der Waals surface area (Å²) >= 11 is 0. The lowest BCUT2D eigenvalue weighted by atomic mass is 9.79. The number of nitrogens with zero attached hydrogens (tertiary/aromatic N) is 1. The molecule has 0 N–H and O–H groups in total. The van der Waals surface area contributed by atoms with Crippen LogP contribution in [0.2, 0.25) is 0 Å². The molecule has 1 aromatic heterocycles. The van der Waals surface area contributed by atoms with E-state index >= 15 is 0 Å². The fourth-order valence-corrected chi connectivity index (χ4v) is 4.57. The number of aromatic nitrogens is 1. The molecule has 0 spiro atoms. The van der Waals surface area contributed by atoms with Crippen molar-refractivity contribution in [3.8, 4) is 22.8 Å². The maximum absolute atomic E-state index is 12.2. The second-order valence-electron chi connectivity index (χ2n) is 9.64. The van der Waals surface area contributed by atoms with Gasteiger partial charge in [0.25, 0.3) is 0 Å². The predicted molar refractivity (Wildman–Crippen MR) is 116 cm³/mol. The highest BCUT2D eigenvalue weighted by molar-refractivity contribution is 5.70. The number of pyridine rings is 1. The highest BCUT2D eigenvalue weighted by atomic mass is 16.5. The standard InChI is InChI=1S/C24H31NO5/c1-23(2,3)22-9-16-8-20-21(11-18(16)19-10-17(26)6-7-25(19)22)30-15-24(12-27-4,13-28-5)14-29-20/h6-8,10-11,22H,9,12-15H2,1-5H3. The Labute approximate surface area is 177 Å². The van der Waals surface area contributed by atoms with Crippen LogP contribution in [0.5, 0.6) is 11.5 Å². The van der Waals surface area contributed by atoms with Crippen LogP contribution >= 0.6 is 0 Å². The van der Waals surface area contributed by atoms with E-state index in [1.807, 2.05) is 12.3 Å². The van der Waals surface area contributed by atoms with E-state index in [1.165, 1.54) is 5.56 Å². The van der Waals surface area contributed by atoms with Gasteiger partial charge in [0, 0.05) is 44.2 Å². The van der Waals surface area contributed by atoms with Crippen molar-refractivity contribution in [1.82, 2.24) is 4.57 Å². The van der Waals surface area contributed by atoms with Gasteiger partial charge in [-0.3, -0.25) is 4.79 Å². The molecule has 2 aliphatic rings. The van der Waals surface area contributed by atoms with Crippen LogP contribution in [0.15, 0.2) is 35.3 Å². The average Bonchev–Trinajstić information content (AvgIpc) is 2.86. The van der Waals surface area contributed by atoms with E-state index in [0.29, 0.717) is 32.2 Å². The summed E-state index contributed by atoms with van der Waals surface area (Å²) in [5.74, 6) is 1.43. The largest absolute Gasteiger partial charge is 0.489 e. The summed E-state index contributed by atoms with van der Waals surface area (Å²) in [6, 6.07) is 7.71. The molecule has 162 valence electrons. The Kier molecular flexibility index (Phi) is 5.41. The molecule has 1 aromatic carbocycles. The summed E-state index contributed by atoms with van der Waals surface area (Å²) in [4.78, 5) is 12.2. The summed E-state index contributed by atoms with van der Waals surface area (Å²) in [6.45, 7) is 8.57. The molecule has 0 fully saturated rings. The predicted octanol–water partition coefficient (Wildman–Crippen LogP) is 3.71. The van der Waals surface area contributed by atoms with Crippen LogP contribution in [-0.2, 0) is 15.9 Å². The number of rotatable bonds is 4. The lowest BCUT2D eigenvalue weighted by Gasteiger charge is -2.39. The molecule has 1 atom stereocenters. The smallest absolute Gasteiger partial charge is 0.182 e. The molecule has 0 radical (unpaired) electrons. The van der Waals surface area contributed by atoms with Crippen molar-refractivity contribution >= 4 is 0 Å². The second kappa shape index (κ2) is 7.75. The molecule has 0 saturated heterocycles. The highest BCUT2D eigenvalue weighted by Gasteiger charge is 2.37. The first-order valence-corrected chi connectivity index (χ1v) is 10.4. The third-order valence-electron chi connectivity index (χ3n) is 6.12. The summed E-state index contributed by atoms with van der Waals surface area (Å²) in [6.07, 6.45) is 2.79. The number of hydrogen-bond acceptors (Lipinski definition) is 5. The van der Waals surface area contributed by atoms with Crippen LogP contribution in [0.3, 0.4) is 0 Å². The second-order valence-corrected chi connectivity index (χ2v) is 9.64. The zero-order valence-corrected chi connectivity index (χ0v) is 18.5. The normalized spacial score (nSPS) is 19.6. The van der Waals surface area contributed by atoms with Crippen LogP contribution in [-0.4, -0.2) is 45.2 Å². The molecule has 6 nitrogen and oxygen atoms in total. The molecular weight excluding hydrogens is 382 g/mol. The van der Waals surface area contributed by atoms with Crippen molar-refractivity contribution in [3.05, 3.63) is 46.2 Å². The van der Waals surface area contributed by atoms with Gasteiger partial charge in [-0.2, -0.15) is 0 Å². The average molecular weight is 414 g/mol. The molecule has 0 bridgehead atoms. The van der Waals surface area contributed by atoms with Gasteiger partial charge in [-0.15, -0.1) is 0 Å². The number of benzene rings is 1. The minimum Gasteiger partial charge on any atom is -0.489 e. The van der Waals surface area contributed by atoms with Gasteiger partial charge >= 0.3 is 0 Å². The van der Waals surface area contributed by atoms with Gasteiger partial charge in [0.15, 0.2) is 16.9 Å². The van der Waals surface area contributed by atoms with Crippen LogP contribution in [0.1, 0.15) is 32.4 Å². The minimum atomic E-state index is -0.369. The fraction of sp³-hybridized carbons (Fsp3) is 0.542. The SMILES string of the molecule is COCC1(COC)COc2cc3c(cc2OC1)-c1cc(=O)ccn1C(C(C)(C)C)C3. The lowest BCUT2D eigenvalue weighted by molar-refractivity contribution is -0.0360. The van der Waals surface area contributed by atoms with E-state index in [4.69, 9.17) is 18.9 Å². The molecule has 1 unspecified atom stereocenters. The summed E-state index contributed by atoms with van der Waals surface area (Å²) < 4.78 is 25.5. The summed E-state index contributed by atoms with van der Waals surface area (Å²) in [5, 5.41) is 0. The van der Waals surface area contributed by atoms with Crippen LogP contribution < -0.4 is 14.9 Å². The Bertz CT molecular complexity index is 982. The Morgan fingerprint density at radius 3 is 2.30 bits per heavy atom. The minimum absolute atomic E-state index is 0.00748. The zero-order chi connectivity index (χ0) is 21.5. The maximum Gasteiger partial charge on any atom is 0.182 e. The van der Waals surface area contributed by atoms with E-state index in [9.17, 15) is 4.79 Å². The third-order valence-corrected chi connectivity index (χ3v) is 6.12. The first-order valence-electron chi connectivity index (χ1n) is 10.4. The number of ether oxygens (including phenoxy) is 4. The molecule has 6 heteroatoms. The van der Waals surface area contributed by atoms with Crippen LogP contribution in [0.25, 0.3) is 11.3 Å². The van der Waals surface area contributed by atoms with E-state index < -0.39 is 0 Å². The molecule has 0 amide bonds. The number of hydrogen-bond donors (Lipinski definition) is 0. The Morgan fingerprint density at radius 1 is 1.07 bits per heavy atom. The van der Waals surface area contributed by atoms with Crippen molar-refractivity contribution in [2.24, 2.45) is 10.8 Å². The van der Waals surface area contributed by atoms with E-state index in [2.05, 4.69) is 31.4 Å². The van der Waals surface area contributed by atoms with E-state index in [0.717, 1.165) is 23.4 Å². The Hall–Kier alpha value is -2.31. The Balaban J connectivity index is 1.78. The summed E-state index contributed by atoms with van der Waals surface area (Å²) in [7, 11) is 3.35. The molecular formula is C24H31NO5. The van der Waals surface area contributed by atoms with Crippen molar-refractivity contribution < 1.29 is 18.9 Å². The van der Waals surface area contributed by atoms with E-state index in [1.54, 1.807) is 26.4 Å². The lowest BCUT2D eigenvalue weighted by Crippen LogP contribution is -2.41. The van der Waals surface area contributed by atoms with Gasteiger partial charge in [-0.1, -0.05) is 20.8 Å². The van der Waals surface area contributed by atoms with Gasteiger partial charge in [-0.25, -0.2) is 0 Å². The monoisotopic (exact) mass is 413 g/mol. The maximum atomic E-state index is 12.2. The number of fused-ring (bicyclic) bond motifs is 4. The van der Waals surface area contributed by atoms with Crippen molar-refractivity contribution in [2.75, 3.05) is 40.6 Å². The third kappa shape index (κ3) is 3.74. The summed E-state index contributed by atoms with van der Waals surface area (Å²) in [5.41, 5.74) is 2.81. The van der Waals surface area contributed by atoms with Gasteiger partial charge in [0.2, 0.25) is 0 Å². The highest BCUT2D eigenvalue weighted by Crippen LogP contribution is 2.46. The molecule has 0 saturated carbocycles. The fourth-order valence-electron chi connectivity index (χ4n) is 4.57. The zero-order valence-electron chi connectivity index (χ0n) is 18.5. The Morgan fingerprint density at radius 2 is 1.70 bits per heavy atom. The number of methoxy groups -OCH3 is 2. The molecule has 3 heterocycles. The molecule has 30 heavy (non-hydrogen) atoms. The van der Waals surface area contributed by atoms with Crippen molar-refractivity contribution in [2.45, 2.75) is 33.2 Å². The molecule has 0 aliphatic carbocycles. The first kappa shape index (κ1) is 20.9. The van der Waals surface area contributed by atoms with Gasteiger partial charge in [0.1, 0.15) is 13.2 Å². The molecule has 4 rings (SSSR count). The molecule has 2 aliphatic heterocycles. The van der Waals surface area contributed by atoms with Crippen LogP contribution in [0.4, 0.5) is 0 Å². The van der Waals surface area contributed by atoms with Gasteiger partial charge in [-0.05, 0) is 29.5 Å². The quantitative estimate of drug-likeness (QED) is 0.765. The van der Waals surface area contributed by atoms with Crippen molar-refractivity contribution in [3.63, 3.8) is 0 Å². The van der Waals surface area contributed by atoms with Crippen LogP contribution in [0, 0.1) is 10.8 Å². The first-order chi connectivity index (χ1) is 14.3. The van der Waals surface area contributed by atoms with E-state index in [-0.39, 0.29) is 22.3 Å². The van der Waals surface area contributed by atoms with Gasteiger partial charge < -0.3 is 23.5 Å². The molecule has 2 aromatic rings. The van der Waals surface area contributed by atoms with Gasteiger partial charge in [0.05, 0.1) is 24.3 Å². The van der Waals surface area contributed by atoms with Crippen molar-refractivity contribution in [1.29, 1.82) is 0 Å². The topological polar surface area (TPSA) is 58.9 Å².